The molecule has 0 spiro atoms. The second-order valence-electron chi connectivity index (χ2n) is 4.12. The van der Waals surface area contributed by atoms with Crippen LogP contribution in [0.3, 0.4) is 0 Å². The van der Waals surface area contributed by atoms with E-state index in [0.717, 1.165) is 12.1 Å². The Hall–Kier alpha value is -1.11. The number of alkyl halides is 3. The Kier molecular flexibility index (Phi) is 5.13. The molecule has 0 aliphatic carbocycles. The molecule has 0 fully saturated rings. The number of hydrogen-bond donors (Lipinski definition) is 2. The van der Waals surface area contributed by atoms with Gasteiger partial charge >= 0.3 is 6.18 Å². The molecule has 0 radical (unpaired) electrons. The van der Waals surface area contributed by atoms with Crippen LogP contribution < -0.4 is 11.3 Å². The van der Waals surface area contributed by atoms with E-state index in [4.69, 9.17) is 10.6 Å². The molecule has 2 unspecified atom stereocenters. The van der Waals surface area contributed by atoms with Crippen LogP contribution in [0.1, 0.15) is 30.5 Å². The third-order valence-electron chi connectivity index (χ3n) is 2.79. The van der Waals surface area contributed by atoms with Gasteiger partial charge in [0.2, 0.25) is 0 Å². The molecule has 3 nitrogen and oxygen atoms in total. The first-order valence-electron chi connectivity index (χ1n) is 5.54. The normalized spacial score (nSPS) is 15.4. The summed E-state index contributed by atoms with van der Waals surface area (Å²) in [5, 5.41) is 0. The molecular weight excluding hydrogens is 245 g/mol. The molecule has 2 atom stereocenters. The van der Waals surface area contributed by atoms with Crippen LogP contribution >= 0.6 is 0 Å². The minimum atomic E-state index is -4.35. The van der Waals surface area contributed by atoms with E-state index in [1.54, 1.807) is 13.2 Å². The first-order valence-corrected chi connectivity index (χ1v) is 5.54. The van der Waals surface area contributed by atoms with Gasteiger partial charge in [0.25, 0.3) is 0 Å². The number of hydrogen-bond acceptors (Lipinski definition) is 3. The van der Waals surface area contributed by atoms with Crippen molar-refractivity contribution in [3.63, 3.8) is 0 Å². The smallest absolute Gasteiger partial charge is 0.382 e. The van der Waals surface area contributed by atoms with Gasteiger partial charge in [0.05, 0.1) is 11.7 Å². The van der Waals surface area contributed by atoms with E-state index in [0.29, 0.717) is 12.0 Å². The van der Waals surface area contributed by atoms with Crippen molar-refractivity contribution in [1.29, 1.82) is 0 Å². The minimum absolute atomic E-state index is 0.0967. The number of rotatable bonds is 5. The largest absolute Gasteiger partial charge is 0.416 e. The quantitative estimate of drug-likeness (QED) is 0.633. The molecule has 0 aliphatic rings. The Morgan fingerprint density at radius 3 is 2.56 bits per heavy atom. The molecule has 0 heterocycles. The molecule has 1 aromatic rings. The molecule has 6 heteroatoms. The molecule has 0 bridgehead atoms. The van der Waals surface area contributed by atoms with Crippen LogP contribution in [0.2, 0.25) is 0 Å². The maximum Gasteiger partial charge on any atom is 0.416 e. The van der Waals surface area contributed by atoms with Gasteiger partial charge in [-0.1, -0.05) is 12.1 Å². The summed E-state index contributed by atoms with van der Waals surface area (Å²) in [6, 6.07) is 4.76. The third-order valence-corrected chi connectivity index (χ3v) is 2.79. The van der Waals surface area contributed by atoms with Crippen LogP contribution in [-0.4, -0.2) is 13.2 Å². The van der Waals surface area contributed by atoms with Crippen molar-refractivity contribution < 1.29 is 17.9 Å². The summed E-state index contributed by atoms with van der Waals surface area (Å²) in [4.78, 5) is 0. The zero-order valence-electron chi connectivity index (χ0n) is 10.3. The van der Waals surface area contributed by atoms with E-state index in [9.17, 15) is 13.2 Å². The molecule has 1 rings (SSSR count). The first-order chi connectivity index (χ1) is 8.38. The summed E-state index contributed by atoms with van der Waals surface area (Å²) >= 11 is 0. The predicted molar refractivity (Wildman–Crippen MR) is 62.6 cm³/mol. The Balaban J connectivity index is 2.93. The van der Waals surface area contributed by atoms with Crippen LogP contribution in [0, 0.1) is 0 Å². The van der Waals surface area contributed by atoms with Gasteiger partial charge in [0, 0.05) is 13.2 Å². The molecule has 102 valence electrons. The fraction of sp³-hybridized carbons (Fsp3) is 0.500. The highest BCUT2D eigenvalue weighted by Crippen LogP contribution is 2.31. The molecule has 0 saturated carbocycles. The third kappa shape index (κ3) is 3.97. The minimum Gasteiger partial charge on any atom is -0.382 e. The molecule has 3 N–H and O–H groups in total. The molecule has 0 aromatic heterocycles. The number of benzene rings is 1. The number of nitrogens with two attached hydrogens (primary N) is 1. The van der Waals surface area contributed by atoms with Crippen molar-refractivity contribution in [1.82, 2.24) is 5.43 Å². The number of ether oxygens (including phenoxy) is 1. The summed E-state index contributed by atoms with van der Waals surface area (Å²) in [7, 11) is 1.55. The van der Waals surface area contributed by atoms with Gasteiger partial charge in [0.15, 0.2) is 0 Å². The van der Waals surface area contributed by atoms with E-state index >= 15 is 0 Å². The summed E-state index contributed by atoms with van der Waals surface area (Å²) in [6.45, 7) is 1.83. The highest BCUT2D eigenvalue weighted by atomic mass is 19.4. The van der Waals surface area contributed by atoms with Gasteiger partial charge in [0.1, 0.15) is 0 Å². The van der Waals surface area contributed by atoms with Gasteiger partial charge in [-0.3, -0.25) is 11.3 Å². The van der Waals surface area contributed by atoms with Crippen molar-refractivity contribution in [2.24, 2.45) is 5.84 Å². The first kappa shape index (κ1) is 14.9. The van der Waals surface area contributed by atoms with Crippen molar-refractivity contribution >= 4 is 0 Å². The number of methoxy groups -OCH3 is 1. The average Bonchev–Trinajstić information content (AvgIpc) is 2.34. The van der Waals surface area contributed by atoms with Crippen molar-refractivity contribution in [2.45, 2.75) is 31.7 Å². The lowest BCUT2D eigenvalue weighted by Crippen LogP contribution is -2.31. The number of nitrogens with one attached hydrogen (secondary N) is 1. The van der Waals surface area contributed by atoms with Crippen LogP contribution in [0.15, 0.2) is 24.3 Å². The Morgan fingerprint density at radius 1 is 1.39 bits per heavy atom. The van der Waals surface area contributed by atoms with E-state index in [1.807, 2.05) is 6.92 Å². The maximum absolute atomic E-state index is 12.6. The van der Waals surface area contributed by atoms with E-state index < -0.39 is 11.7 Å². The van der Waals surface area contributed by atoms with Gasteiger partial charge in [-0.25, -0.2) is 0 Å². The zero-order chi connectivity index (χ0) is 13.8. The standard InChI is InChI=1S/C12H17F3N2O/c1-8(18-2)6-11(17-16)9-4-3-5-10(7-9)12(13,14)15/h3-5,7-8,11,17H,6,16H2,1-2H3. The molecule has 18 heavy (non-hydrogen) atoms. The Morgan fingerprint density at radius 2 is 2.06 bits per heavy atom. The van der Waals surface area contributed by atoms with Crippen molar-refractivity contribution in [3.05, 3.63) is 35.4 Å². The zero-order valence-corrected chi connectivity index (χ0v) is 10.3. The maximum atomic E-state index is 12.6. The number of hydrazine groups is 1. The SMILES string of the molecule is COC(C)CC(NN)c1cccc(C(F)(F)F)c1. The van der Waals surface area contributed by atoms with Crippen LogP contribution in [-0.2, 0) is 10.9 Å². The fourth-order valence-electron chi connectivity index (χ4n) is 1.66. The molecule has 1 aromatic carbocycles. The lowest BCUT2D eigenvalue weighted by atomic mass is 9.99. The lowest BCUT2D eigenvalue weighted by Gasteiger charge is -2.20. The monoisotopic (exact) mass is 262 g/mol. The predicted octanol–water partition coefficient (Wildman–Crippen LogP) is 2.63. The van der Waals surface area contributed by atoms with Crippen LogP contribution in [0.4, 0.5) is 13.2 Å². The summed E-state index contributed by atoms with van der Waals surface area (Å²) in [6.07, 6.45) is -3.95. The highest BCUT2D eigenvalue weighted by Gasteiger charge is 2.31. The summed E-state index contributed by atoms with van der Waals surface area (Å²) in [5.41, 5.74) is 2.34. The van der Waals surface area contributed by atoms with E-state index in [-0.39, 0.29) is 12.1 Å². The topological polar surface area (TPSA) is 47.3 Å². The second kappa shape index (κ2) is 6.17. The van der Waals surface area contributed by atoms with Gasteiger partial charge in [-0.2, -0.15) is 13.2 Å². The lowest BCUT2D eigenvalue weighted by molar-refractivity contribution is -0.137. The second-order valence-corrected chi connectivity index (χ2v) is 4.12. The molecule has 0 aliphatic heterocycles. The van der Waals surface area contributed by atoms with Crippen LogP contribution in [0.5, 0.6) is 0 Å². The van der Waals surface area contributed by atoms with Crippen molar-refractivity contribution in [3.8, 4) is 0 Å². The highest BCUT2D eigenvalue weighted by molar-refractivity contribution is 5.28. The Bertz CT molecular complexity index is 382. The van der Waals surface area contributed by atoms with Crippen LogP contribution in [0.25, 0.3) is 0 Å². The number of halogens is 3. The fourth-order valence-corrected chi connectivity index (χ4v) is 1.66. The van der Waals surface area contributed by atoms with Gasteiger partial charge < -0.3 is 4.74 Å². The van der Waals surface area contributed by atoms with Gasteiger partial charge in [-0.05, 0) is 31.0 Å². The molecule has 0 saturated heterocycles. The Labute approximate surface area is 104 Å². The van der Waals surface area contributed by atoms with E-state index in [1.165, 1.54) is 6.07 Å². The molecule has 0 amide bonds. The van der Waals surface area contributed by atoms with Gasteiger partial charge in [-0.15, -0.1) is 0 Å². The molecular formula is C12H17F3N2O. The van der Waals surface area contributed by atoms with E-state index in [2.05, 4.69) is 5.43 Å². The summed E-state index contributed by atoms with van der Waals surface area (Å²) < 4.78 is 42.8. The average molecular weight is 262 g/mol. The summed E-state index contributed by atoms with van der Waals surface area (Å²) in [5.74, 6) is 5.38. The van der Waals surface area contributed by atoms with Crippen molar-refractivity contribution in [2.75, 3.05) is 7.11 Å².